The third-order valence-electron chi connectivity index (χ3n) is 9.46. The van der Waals surface area contributed by atoms with Crippen molar-refractivity contribution in [1.82, 2.24) is 9.80 Å². The fourth-order valence-corrected chi connectivity index (χ4v) is 9.72. The number of carbonyl (C=O) groups is 3. The topological polar surface area (TPSA) is 81.2 Å². The zero-order valence-corrected chi connectivity index (χ0v) is 26.2. The summed E-state index contributed by atoms with van der Waals surface area (Å²) in [5.41, 5.74) is 2.52. The van der Waals surface area contributed by atoms with Crippen molar-refractivity contribution in [3.8, 4) is 0 Å². The van der Waals surface area contributed by atoms with Gasteiger partial charge in [0.1, 0.15) is 6.04 Å². The van der Waals surface area contributed by atoms with E-state index in [0.29, 0.717) is 30.2 Å². The first-order valence-corrected chi connectivity index (χ1v) is 16.6. The molecule has 0 radical (unpaired) electrons. The molecular weight excluding hydrogens is 606 g/mol. The van der Waals surface area contributed by atoms with Crippen LogP contribution in [0.3, 0.4) is 0 Å². The zero-order chi connectivity index (χ0) is 31.1. The Morgan fingerprint density at radius 2 is 1.53 bits per heavy atom. The number of nitrogens with zero attached hydrogens (tertiary/aromatic N) is 3. The zero-order valence-electron chi connectivity index (χ0n) is 24.6. The van der Waals surface area contributed by atoms with E-state index < -0.39 is 28.7 Å². The van der Waals surface area contributed by atoms with Gasteiger partial charge in [0.25, 0.3) is 5.91 Å². The van der Waals surface area contributed by atoms with Crippen LogP contribution in [0.15, 0.2) is 109 Å². The summed E-state index contributed by atoms with van der Waals surface area (Å²) in [6.45, 7) is 0.833. The number of hydrogen-bond acceptors (Lipinski definition) is 5. The lowest BCUT2D eigenvalue weighted by molar-refractivity contribution is -0.144. The van der Waals surface area contributed by atoms with Crippen molar-refractivity contribution in [3.05, 3.63) is 125 Å². The summed E-state index contributed by atoms with van der Waals surface area (Å²) in [6, 6.07) is 25.1. The minimum atomic E-state index is -1.00. The molecule has 0 saturated carbocycles. The average Bonchev–Trinajstić information content (AvgIpc) is 3.38. The van der Waals surface area contributed by atoms with Crippen LogP contribution in [0.1, 0.15) is 11.1 Å². The quantitative estimate of drug-likeness (QED) is 0.378. The van der Waals surface area contributed by atoms with Gasteiger partial charge in [0.2, 0.25) is 11.8 Å². The Morgan fingerprint density at radius 3 is 2.24 bits per heavy atom. The summed E-state index contributed by atoms with van der Waals surface area (Å²) < 4.78 is -1.00. The van der Waals surface area contributed by atoms with Gasteiger partial charge in [0.05, 0.1) is 39.9 Å². The van der Waals surface area contributed by atoms with Crippen molar-refractivity contribution < 1.29 is 19.5 Å². The monoisotopic (exact) mass is 639 g/mol. The van der Waals surface area contributed by atoms with Gasteiger partial charge in [-0.2, -0.15) is 0 Å². The van der Waals surface area contributed by atoms with Crippen molar-refractivity contribution in [2.24, 2.45) is 11.8 Å². The lowest BCUT2D eigenvalue weighted by atomic mass is 9.78. The summed E-state index contributed by atoms with van der Waals surface area (Å²) >= 11 is 8.14. The molecule has 7 nitrogen and oxygen atoms in total. The number of fused-ring (bicyclic) bond motifs is 2. The highest BCUT2D eigenvalue weighted by molar-refractivity contribution is 8.02. The Balaban J connectivity index is 1.32. The summed E-state index contributed by atoms with van der Waals surface area (Å²) in [5, 5.41) is 10.9. The van der Waals surface area contributed by atoms with E-state index in [9.17, 15) is 19.5 Å². The van der Waals surface area contributed by atoms with E-state index in [0.717, 1.165) is 11.1 Å². The number of halogens is 1. The third kappa shape index (κ3) is 5.09. The number of thioether (sulfide) groups is 1. The van der Waals surface area contributed by atoms with E-state index in [1.807, 2.05) is 102 Å². The first-order chi connectivity index (χ1) is 21.9. The van der Waals surface area contributed by atoms with E-state index in [1.54, 1.807) is 21.9 Å². The molecule has 4 heterocycles. The van der Waals surface area contributed by atoms with E-state index in [1.165, 1.54) is 11.8 Å². The summed E-state index contributed by atoms with van der Waals surface area (Å²) in [6.07, 6.45) is 8.36. The number of benzene rings is 3. The molecule has 230 valence electrons. The molecular formula is C36H34ClN3O4S. The molecule has 3 amide bonds. The molecule has 4 aliphatic rings. The molecule has 2 saturated heterocycles. The van der Waals surface area contributed by atoms with Crippen molar-refractivity contribution in [3.63, 3.8) is 0 Å². The van der Waals surface area contributed by atoms with Gasteiger partial charge >= 0.3 is 0 Å². The molecule has 1 N–H and O–H groups in total. The minimum Gasteiger partial charge on any atom is -0.394 e. The van der Waals surface area contributed by atoms with Gasteiger partial charge < -0.3 is 19.8 Å². The Kier molecular flexibility index (Phi) is 8.06. The van der Waals surface area contributed by atoms with E-state index in [2.05, 4.69) is 0 Å². The SMILES string of the molecule is O=C1[C@@H]2[C@H](C=CCN1Cc1ccccc1)S[C@]13C=CCN(c4ccccc4Cl)C(=O)C1N([C@@H](CO)Cc1ccccc1)C(=O)[C@H]23. The molecule has 45 heavy (non-hydrogen) atoms. The van der Waals surface area contributed by atoms with Crippen LogP contribution in [0.2, 0.25) is 5.02 Å². The second-order valence-electron chi connectivity index (χ2n) is 12.0. The van der Waals surface area contributed by atoms with E-state index >= 15 is 0 Å². The van der Waals surface area contributed by atoms with Crippen LogP contribution in [-0.4, -0.2) is 74.4 Å². The number of aliphatic hydroxyl groups is 1. The predicted molar refractivity (Wildman–Crippen MR) is 177 cm³/mol. The van der Waals surface area contributed by atoms with Crippen LogP contribution >= 0.6 is 23.4 Å². The highest BCUT2D eigenvalue weighted by atomic mass is 35.5. The van der Waals surface area contributed by atoms with Gasteiger partial charge in [0, 0.05) is 24.9 Å². The molecule has 9 heteroatoms. The van der Waals surface area contributed by atoms with Crippen molar-refractivity contribution >= 4 is 46.8 Å². The lowest BCUT2D eigenvalue weighted by Crippen LogP contribution is -2.57. The fraction of sp³-hybridized carbons (Fsp3) is 0.306. The lowest BCUT2D eigenvalue weighted by Gasteiger charge is -2.38. The molecule has 0 aliphatic carbocycles. The predicted octanol–water partition coefficient (Wildman–Crippen LogP) is 4.74. The number of anilines is 1. The maximum Gasteiger partial charge on any atom is 0.251 e. The Labute approximate surface area is 272 Å². The van der Waals surface area contributed by atoms with Crippen molar-refractivity contribution in [2.75, 3.05) is 24.6 Å². The van der Waals surface area contributed by atoms with Gasteiger partial charge in [-0.3, -0.25) is 14.4 Å². The molecule has 1 spiro atoms. The van der Waals surface area contributed by atoms with Crippen molar-refractivity contribution in [2.45, 2.75) is 35.0 Å². The standard InChI is InChI=1S/C36H34ClN3O4S/c37-27-15-7-8-16-28(27)39-20-10-18-36-31(30-29(45-36)17-9-19-38(33(30)42)22-25-13-5-2-6-14-25)34(43)40(32(36)35(39)44)26(23-41)21-24-11-3-1-4-12-24/h1-18,26,29-32,41H,19-23H2/t26-,29+,30-,31+,32?,36+/m1/s1. The molecule has 4 aliphatic heterocycles. The molecule has 2 fully saturated rings. The Morgan fingerprint density at radius 1 is 0.844 bits per heavy atom. The summed E-state index contributed by atoms with van der Waals surface area (Å²) in [7, 11) is 0. The van der Waals surface area contributed by atoms with Crippen LogP contribution in [0.4, 0.5) is 5.69 Å². The third-order valence-corrected chi connectivity index (χ3v) is 11.5. The highest BCUT2D eigenvalue weighted by Crippen LogP contribution is 2.61. The van der Waals surface area contributed by atoms with Crippen LogP contribution < -0.4 is 4.90 Å². The Hall–Kier alpha value is -3.85. The van der Waals surface area contributed by atoms with Gasteiger partial charge in [-0.15, -0.1) is 11.8 Å². The van der Waals surface area contributed by atoms with Crippen LogP contribution in [0, 0.1) is 11.8 Å². The van der Waals surface area contributed by atoms with Gasteiger partial charge in [0.15, 0.2) is 0 Å². The summed E-state index contributed by atoms with van der Waals surface area (Å²) in [5.74, 6) is -2.05. The average molecular weight is 640 g/mol. The van der Waals surface area contributed by atoms with Gasteiger partial charge in [-0.25, -0.2) is 0 Å². The number of amides is 3. The van der Waals surface area contributed by atoms with E-state index in [4.69, 9.17) is 11.6 Å². The van der Waals surface area contributed by atoms with Crippen molar-refractivity contribution in [1.29, 1.82) is 0 Å². The van der Waals surface area contributed by atoms with Gasteiger partial charge in [-0.05, 0) is 29.7 Å². The van der Waals surface area contributed by atoms with Crippen LogP contribution in [0.5, 0.6) is 0 Å². The number of para-hydroxylation sites is 1. The minimum absolute atomic E-state index is 0.0890. The number of likely N-dealkylation sites (tertiary alicyclic amines) is 1. The van der Waals surface area contributed by atoms with Gasteiger partial charge in [-0.1, -0.05) is 109 Å². The molecule has 6 atom stereocenters. The number of rotatable bonds is 7. The molecule has 0 aromatic heterocycles. The fourth-order valence-electron chi connectivity index (χ4n) is 7.49. The summed E-state index contributed by atoms with van der Waals surface area (Å²) in [4.78, 5) is 49.2. The smallest absolute Gasteiger partial charge is 0.251 e. The van der Waals surface area contributed by atoms with E-state index in [-0.39, 0.29) is 36.1 Å². The first-order valence-electron chi connectivity index (χ1n) is 15.3. The maximum absolute atomic E-state index is 14.9. The second-order valence-corrected chi connectivity index (χ2v) is 13.9. The second kappa shape index (κ2) is 12.2. The number of aliphatic hydroxyl groups excluding tert-OH is 1. The first kappa shape index (κ1) is 29.8. The molecule has 1 unspecified atom stereocenters. The van der Waals surface area contributed by atoms with Crippen LogP contribution in [-0.2, 0) is 27.3 Å². The highest BCUT2D eigenvalue weighted by Gasteiger charge is 2.71. The van der Waals surface area contributed by atoms with Crippen LogP contribution in [0.25, 0.3) is 0 Å². The molecule has 7 rings (SSSR count). The largest absolute Gasteiger partial charge is 0.394 e. The number of carbonyl (C=O) groups excluding carboxylic acids is 3. The Bertz CT molecular complexity index is 1670. The number of hydrogen-bond donors (Lipinski definition) is 1. The normalized spacial score (nSPS) is 28.0. The molecule has 0 bridgehead atoms. The molecule has 3 aromatic rings. The maximum atomic E-state index is 14.9. The molecule has 3 aromatic carbocycles.